The third-order valence-corrected chi connectivity index (χ3v) is 2.96. The van der Waals surface area contributed by atoms with E-state index in [9.17, 15) is 0 Å². The Hall–Kier alpha value is -1.95. The average Bonchev–Trinajstić information content (AvgIpc) is 2.86. The monoisotopic (exact) mass is 230 g/mol. The molecule has 88 valence electrons. The van der Waals surface area contributed by atoms with E-state index in [1.165, 1.54) is 0 Å². The van der Waals surface area contributed by atoms with Crippen LogP contribution < -0.4 is 10.6 Å². The summed E-state index contributed by atoms with van der Waals surface area (Å²) in [6.07, 6.45) is 7.40. The summed E-state index contributed by atoms with van der Waals surface area (Å²) in [6, 6.07) is 0. The number of hydrogen-bond donors (Lipinski definition) is 1. The van der Waals surface area contributed by atoms with Crippen LogP contribution in [-0.2, 0) is 19.6 Å². The van der Waals surface area contributed by atoms with Crippen LogP contribution in [0.5, 0.6) is 0 Å². The zero-order chi connectivity index (χ0) is 11.7. The molecular weight excluding hydrogens is 216 g/mol. The van der Waals surface area contributed by atoms with E-state index in [0.29, 0.717) is 6.54 Å². The van der Waals surface area contributed by atoms with E-state index in [1.807, 2.05) is 12.4 Å². The molecule has 0 unspecified atom stereocenters. The Morgan fingerprint density at radius 3 is 2.76 bits per heavy atom. The Kier molecular flexibility index (Phi) is 2.49. The van der Waals surface area contributed by atoms with E-state index in [1.54, 1.807) is 12.4 Å². The summed E-state index contributed by atoms with van der Waals surface area (Å²) >= 11 is 0. The maximum atomic E-state index is 5.52. The predicted molar refractivity (Wildman–Crippen MR) is 63.2 cm³/mol. The minimum absolute atomic E-state index is 0.477. The second-order valence-electron chi connectivity index (χ2n) is 4.05. The molecule has 1 aliphatic rings. The highest BCUT2D eigenvalue weighted by molar-refractivity contribution is 5.31. The Labute approximate surface area is 99.1 Å². The molecule has 2 aromatic rings. The molecule has 3 heterocycles. The smallest absolute Gasteiger partial charge is 0.225 e. The molecule has 0 saturated heterocycles. The van der Waals surface area contributed by atoms with Crippen LogP contribution in [0.25, 0.3) is 0 Å². The number of aromatic nitrogens is 4. The van der Waals surface area contributed by atoms with Crippen molar-refractivity contribution in [2.75, 3.05) is 11.4 Å². The van der Waals surface area contributed by atoms with E-state index in [0.717, 1.165) is 37.0 Å². The molecule has 1 aliphatic heterocycles. The van der Waals surface area contributed by atoms with Crippen LogP contribution in [0.15, 0.2) is 24.8 Å². The first-order valence-corrected chi connectivity index (χ1v) is 5.63. The summed E-state index contributed by atoms with van der Waals surface area (Å²) in [5.41, 5.74) is 6.47. The Morgan fingerprint density at radius 2 is 2.00 bits per heavy atom. The fourth-order valence-corrected chi connectivity index (χ4v) is 1.96. The SMILES string of the molecule is NCc1cnc(N2CCn3ccnc3C2)nc1. The Morgan fingerprint density at radius 1 is 1.18 bits per heavy atom. The third-order valence-electron chi connectivity index (χ3n) is 2.96. The van der Waals surface area contributed by atoms with Gasteiger partial charge < -0.3 is 15.2 Å². The van der Waals surface area contributed by atoms with Crippen LogP contribution in [0.2, 0.25) is 0 Å². The molecule has 2 aromatic heterocycles. The van der Waals surface area contributed by atoms with Gasteiger partial charge in [-0.3, -0.25) is 0 Å². The highest BCUT2D eigenvalue weighted by Gasteiger charge is 2.18. The normalized spacial score (nSPS) is 14.8. The van der Waals surface area contributed by atoms with Gasteiger partial charge in [0.1, 0.15) is 5.82 Å². The molecule has 0 bridgehead atoms. The molecule has 6 heteroatoms. The number of fused-ring (bicyclic) bond motifs is 1. The van der Waals surface area contributed by atoms with Gasteiger partial charge in [-0.05, 0) is 0 Å². The number of imidazole rings is 1. The average molecular weight is 230 g/mol. The Bertz CT molecular complexity index is 503. The minimum Gasteiger partial charge on any atom is -0.332 e. The zero-order valence-corrected chi connectivity index (χ0v) is 9.45. The van der Waals surface area contributed by atoms with E-state index >= 15 is 0 Å². The van der Waals surface area contributed by atoms with Gasteiger partial charge in [0, 0.05) is 50.0 Å². The van der Waals surface area contributed by atoms with Crippen molar-refractivity contribution < 1.29 is 0 Å². The first-order chi connectivity index (χ1) is 8.36. The van der Waals surface area contributed by atoms with E-state index < -0.39 is 0 Å². The van der Waals surface area contributed by atoms with Crippen LogP contribution in [0.1, 0.15) is 11.4 Å². The molecule has 0 fully saturated rings. The lowest BCUT2D eigenvalue weighted by Gasteiger charge is -2.27. The molecule has 0 radical (unpaired) electrons. The molecule has 3 rings (SSSR count). The largest absolute Gasteiger partial charge is 0.332 e. The van der Waals surface area contributed by atoms with Gasteiger partial charge in [-0.1, -0.05) is 0 Å². The lowest BCUT2D eigenvalue weighted by atomic mass is 10.3. The fourth-order valence-electron chi connectivity index (χ4n) is 1.96. The molecule has 6 nitrogen and oxygen atoms in total. The van der Waals surface area contributed by atoms with Gasteiger partial charge >= 0.3 is 0 Å². The highest BCUT2D eigenvalue weighted by atomic mass is 15.3. The molecule has 0 spiro atoms. The van der Waals surface area contributed by atoms with Crippen LogP contribution in [0.4, 0.5) is 5.95 Å². The summed E-state index contributed by atoms with van der Waals surface area (Å²) < 4.78 is 2.16. The van der Waals surface area contributed by atoms with Gasteiger partial charge in [0.15, 0.2) is 0 Å². The van der Waals surface area contributed by atoms with Gasteiger partial charge in [-0.25, -0.2) is 15.0 Å². The van der Waals surface area contributed by atoms with Crippen molar-refractivity contribution in [1.82, 2.24) is 19.5 Å². The maximum absolute atomic E-state index is 5.52. The predicted octanol–water partition coefficient (Wildman–Crippen LogP) is 0.152. The first-order valence-electron chi connectivity index (χ1n) is 5.63. The van der Waals surface area contributed by atoms with Gasteiger partial charge in [-0.15, -0.1) is 0 Å². The summed E-state index contributed by atoms with van der Waals surface area (Å²) in [7, 11) is 0. The van der Waals surface area contributed by atoms with E-state index in [2.05, 4.69) is 24.4 Å². The van der Waals surface area contributed by atoms with E-state index in [-0.39, 0.29) is 0 Å². The van der Waals surface area contributed by atoms with Crippen molar-refractivity contribution in [2.24, 2.45) is 5.73 Å². The zero-order valence-electron chi connectivity index (χ0n) is 9.45. The van der Waals surface area contributed by atoms with Crippen molar-refractivity contribution in [3.8, 4) is 0 Å². The first kappa shape index (κ1) is 10.2. The molecule has 0 amide bonds. The van der Waals surface area contributed by atoms with Crippen molar-refractivity contribution in [3.05, 3.63) is 36.2 Å². The highest BCUT2D eigenvalue weighted by Crippen LogP contribution is 2.15. The standard InChI is InChI=1S/C11H14N6/c12-5-9-6-14-11(15-7-9)17-4-3-16-2-1-13-10(16)8-17/h1-2,6-7H,3-5,8,12H2. The molecule has 2 N–H and O–H groups in total. The van der Waals surface area contributed by atoms with Crippen LogP contribution in [0, 0.1) is 0 Å². The number of hydrogen-bond acceptors (Lipinski definition) is 5. The van der Waals surface area contributed by atoms with E-state index in [4.69, 9.17) is 5.73 Å². The molecular formula is C11H14N6. The summed E-state index contributed by atoms with van der Waals surface area (Å²) in [5, 5.41) is 0. The van der Waals surface area contributed by atoms with Crippen LogP contribution in [-0.4, -0.2) is 26.1 Å². The summed E-state index contributed by atoms with van der Waals surface area (Å²) in [4.78, 5) is 15.1. The van der Waals surface area contributed by atoms with Crippen molar-refractivity contribution in [3.63, 3.8) is 0 Å². The second kappa shape index (κ2) is 4.14. The number of nitrogens with zero attached hydrogens (tertiary/aromatic N) is 5. The lowest BCUT2D eigenvalue weighted by Crippen LogP contribution is -2.34. The van der Waals surface area contributed by atoms with Crippen LogP contribution in [0.3, 0.4) is 0 Å². The van der Waals surface area contributed by atoms with Crippen molar-refractivity contribution >= 4 is 5.95 Å². The van der Waals surface area contributed by atoms with Gasteiger partial charge in [0.25, 0.3) is 0 Å². The van der Waals surface area contributed by atoms with Crippen LogP contribution >= 0.6 is 0 Å². The molecule has 0 atom stereocenters. The second-order valence-corrected chi connectivity index (χ2v) is 4.05. The van der Waals surface area contributed by atoms with Gasteiger partial charge in [0.05, 0.1) is 6.54 Å². The minimum atomic E-state index is 0.477. The molecule has 0 saturated carbocycles. The fraction of sp³-hybridized carbons (Fsp3) is 0.364. The molecule has 0 aliphatic carbocycles. The van der Waals surface area contributed by atoms with Crippen molar-refractivity contribution in [1.29, 1.82) is 0 Å². The maximum Gasteiger partial charge on any atom is 0.225 e. The van der Waals surface area contributed by atoms with Gasteiger partial charge in [0.2, 0.25) is 5.95 Å². The number of anilines is 1. The third kappa shape index (κ3) is 1.87. The molecule has 0 aromatic carbocycles. The molecule has 17 heavy (non-hydrogen) atoms. The quantitative estimate of drug-likeness (QED) is 0.795. The summed E-state index contributed by atoms with van der Waals surface area (Å²) in [6.45, 7) is 3.07. The number of rotatable bonds is 2. The Balaban J connectivity index is 1.81. The lowest BCUT2D eigenvalue weighted by molar-refractivity contribution is 0.551. The van der Waals surface area contributed by atoms with Crippen molar-refractivity contribution in [2.45, 2.75) is 19.6 Å². The summed E-state index contributed by atoms with van der Waals surface area (Å²) in [5.74, 6) is 1.80. The topological polar surface area (TPSA) is 72.9 Å². The van der Waals surface area contributed by atoms with Gasteiger partial charge in [-0.2, -0.15) is 0 Å². The number of nitrogens with two attached hydrogens (primary N) is 1.